The second-order valence-electron chi connectivity index (χ2n) is 6.87. The van der Waals surface area contributed by atoms with Crippen molar-refractivity contribution in [3.8, 4) is 5.88 Å². The molecule has 7 nitrogen and oxygen atoms in total. The zero-order valence-corrected chi connectivity index (χ0v) is 19.5. The topological polar surface area (TPSA) is 88.6 Å². The van der Waals surface area contributed by atoms with E-state index < -0.39 is 34.6 Å². The van der Waals surface area contributed by atoms with Crippen LogP contribution in [0.3, 0.4) is 0 Å². The lowest BCUT2D eigenvalue weighted by Crippen LogP contribution is -2.30. The summed E-state index contributed by atoms with van der Waals surface area (Å²) in [5, 5.41) is 2.35. The number of halogens is 4. The fraction of sp³-hybridized carbons (Fsp3) is 0.400. The van der Waals surface area contributed by atoms with Gasteiger partial charge in [0.15, 0.2) is 6.61 Å². The molecule has 1 aromatic heterocycles. The maximum atomic E-state index is 12.9. The predicted octanol–water partition coefficient (Wildman–Crippen LogP) is 4.58. The van der Waals surface area contributed by atoms with Crippen LogP contribution in [0.15, 0.2) is 29.3 Å². The summed E-state index contributed by atoms with van der Waals surface area (Å²) < 4.78 is 68.5. The van der Waals surface area contributed by atoms with Gasteiger partial charge >= 0.3 is 6.18 Å². The average molecular weight is 494 g/mol. The number of carbonyl (C=O) groups excluding carboxylic acids is 1. The van der Waals surface area contributed by atoms with Gasteiger partial charge in [0, 0.05) is 25.0 Å². The number of alkyl halides is 3. The molecule has 0 spiro atoms. The highest BCUT2D eigenvalue weighted by molar-refractivity contribution is 7.89. The van der Waals surface area contributed by atoms with Gasteiger partial charge in [0.2, 0.25) is 15.9 Å². The number of carbonyl (C=O) groups is 1. The third-order valence-electron chi connectivity index (χ3n) is 4.67. The predicted molar refractivity (Wildman–Crippen MR) is 115 cm³/mol. The van der Waals surface area contributed by atoms with Crippen LogP contribution >= 0.6 is 11.6 Å². The van der Waals surface area contributed by atoms with Crippen molar-refractivity contribution in [2.75, 3.05) is 25.0 Å². The molecule has 0 fully saturated rings. The molecule has 0 saturated carbocycles. The Morgan fingerprint density at radius 3 is 2.34 bits per heavy atom. The number of benzene rings is 1. The zero-order chi connectivity index (χ0) is 24.3. The summed E-state index contributed by atoms with van der Waals surface area (Å²) in [6, 6.07) is 4.02. The standard InChI is InChI=1S/C20H23ClF3N3O4S/c1-5-27(6-2)32(29,30)15-7-12(3)13(4)17(9-15)26-18(28)14-8-16(21)19(25-10-14)31-11-20(22,23)24/h7-10H,5-6,11H2,1-4H3,(H,26,28). The van der Waals surface area contributed by atoms with E-state index in [-0.39, 0.29) is 21.2 Å². The molecule has 2 aromatic rings. The van der Waals surface area contributed by atoms with Crippen LogP contribution in [0.2, 0.25) is 5.02 Å². The number of sulfonamides is 1. The van der Waals surface area contributed by atoms with Crippen LogP contribution in [0.1, 0.15) is 35.3 Å². The molecule has 1 heterocycles. The van der Waals surface area contributed by atoms with Crippen LogP contribution in [0.4, 0.5) is 18.9 Å². The minimum absolute atomic E-state index is 0.0339. The third kappa shape index (κ3) is 6.11. The van der Waals surface area contributed by atoms with E-state index >= 15 is 0 Å². The highest BCUT2D eigenvalue weighted by Crippen LogP contribution is 2.28. The van der Waals surface area contributed by atoms with Crippen molar-refractivity contribution in [1.29, 1.82) is 0 Å². The normalized spacial score (nSPS) is 12.2. The van der Waals surface area contributed by atoms with E-state index in [9.17, 15) is 26.4 Å². The summed E-state index contributed by atoms with van der Waals surface area (Å²) in [5.41, 5.74) is 1.54. The van der Waals surface area contributed by atoms with E-state index in [1.165, 1.54) is 16.4 Å². The Hall–Kier alpha value is -2.37. The molecule has 0 bridgehead atoms. The molecule has 1 N–H and O–H groups in total. The number of aromatic nitrogens is 1. The van der Waals surface area contributed by atoms with Crippen LogP contribution in [-0.4, -0.2) is 49.5 Å². The molecule has 0 radical (unpaired) electrons. The van der Waals surface area contributed by atoms with E-state index in [1.54, 1.807) is 27.7 Å². The first-order valence-corrected chi connectivity index (χ1v) is 11.4. The number of nitrogens with one attached hydrogen (secondary N) is 1. The summed E-state index contributed by atoms with van der Waals surface area (Å²) in [5.74, 6) is -1.12. The van der Waals surface area contributed by atoms with Crippen molar-refractivity contribution < 1.29 is 31.1 Å². The van der Waals surface area contributed by atoms with Crippen LogP contribution in [0.5, 0.6) is 5.88 Å². The molecule has 0 unspecified atom stereocenters. The lowest BCUT2D eigenvalue weighted by atomic mass is 10.1. The number of hydrogen-bond donors (Lipinski definition) is 1. The van der Waals surface area contributed by atoms with Crippen molar-refractivity contribution in [3.05, 3.63) is 46.1 Å². The molecule has 1 aromatic carbocycles. The smallest absolute Gasteiger partial charge is 0.422 e. The van der Waals surface area contributed by atoms with Gasteiger partial charge in [-0.15, -0.1) is 0 Å². The number of pyridine rings is 1. The number of aryl methyl sites for hydroxylation is 1. The fourth-order valence-electron chi connectivity index (χ4n) is 2.82. The Morgan fingerprint density at radius 1 is 1.19 bits per heavy atom. The van der Waals surface area contributed by atoms with Crippen molar-refractivity contribution >= 4 is 33.2 Å². The van der Waals surface area contributed by atoms with Gasteiger partial charge in [0.1, 0.15) is 5.02 Å². The quantitative estimate of drug-likeness (QED) is 0.581. The van der Waals surface area contributed by atoms with Crippen LogP contribution in [0.25, 0.3) is 0 Å². The summed E-state index contributed by atoms with van der Waals surface area (Å²) in [6.45, 7) is 5.90. The van der Waals surface area contributed by atoms with Crippen molar-refractivity contribution in [1.82, 2.24) is 9.29 Å². The highest BCUT2D eigenvalue weighted by atomic mass is 35.5. The Morgan fingerprint density at radius 2 is 1.81 bits per heavy atom. The minimum atomic E-state index is -4.56. The highest BCUT2D eigenvalue weighted by Gasteiger charge is 2.29. The Labute approximate surface area is 189 Å². The van der Waals surface area contributed by atoms with Crippen LogP contribution in [0, 0.1) is 13.8 Å². The van der Waals surface area contributed by atoms with Crippen LogP contribution < -0.4 is 10.1 Å². The maximum absolute atomic E-state index is 12.9. The SMILES string of the molecule is CCN(CC)S(=O)(=O)c1cc(C)c(C)c(NC(=O)c2cnc(OCC(F)(F)F)c(Cl)c2)c1. The lowest BCUT2D eigenvalue weighted by molar-refractivity contribution is -0.154. The first-order valence-electron chi connectivity index (χ1n) is 9.58. The van der Waals surface area contributed by atoms with Gasteiger partial charge in [0.25, 0.3) is 5.91 Å². The first kappa shape index (κ1) is 25.9. The molecular formula is C20H23ClF3N3O4S. The summed E-state index contributed by atoms with van der Waals surface area (Å²) in [6.07, 6.45) is -3.54. The summed E-state index contributed by atoms with van der Waals surface area (Å²) in [4.78, 5) is 16.4. The minimum Gasteiger partial charge on any atom is -0.467 e. The maximum Gasteiger partial charge on any atom is 0.422 e. The van der Waals surface area contributed by atoms with Gasteiger partial charge in [-0.05, 0) is 43.2 Å². The van der Waals surface area contributed by atoms with Gasteiger partial charge in [0.05, 0.1) is 10.5 Å². The molecular weight excluding hydrogens is 471 g/mol. The third-order valence-corrected chi connectivity index (χ3v) is 6.97. The molecule has 0 aliphatic heterocycles. The van der Waals surface area contributed by atoms with E-state index in [0.717, 1.165) is 12.3 Å². The van der Waals surface area contributed by atoms with Crippen molar-refractivity contribution in [3.63, 3.8) is 0 Å². The van der Waals surface area contributed by atoms with Gasteiger partial charge in [-0.3, -0.25) is 4.79 Å². The van der Waals surface area contributed by atoms with Crippen molar-refractivity contribution in [2.24, 2.45) is 0 Å². The molecule has 12 heteroatoms. The second kappa shape index (κ2) is 10.1. The number of rotatable bonds is 8. The molecule has 0 aliphatic rings. The number of hydrogen-bond acceptors (Lipinski definition) is 5. The van der Waals surface area contributed by atoms with Gasteiger partial charge < -0.3 is 10.1 Å². The van der Waals surface area contributed by atoms with Gasteiger partial charge in [-0.2, -0.15) is 17.5 Å². The number of anilines is 1. The first-order chi connectivity index (χ1) is 14.8. The van der Waals surface area contributed by atoms with Gasteiger partial charge in [-0.25, -0.2) is 13.4 Å². The van der Waals surface area contributed by atoms with Gasteiger partial charge in [-0.1, -0.05) is 25.4 Å². The second-order valence-corrected chi connectivity index (χ2v) is 9.22. The number of ether oxygens (including phenoxy) is 1. The average Bonchev–Trinajstić information content (AvgIpc) is 2.70. The molecule has 176 valence electrons. The summed E-state index contributed by atoms with van der Waals surface area (Å²) in [7, 11) is -3.75. The Kier molecular flexibility index (Phi) is 8.13. The van der Waals surface area contributed by atoms with Crippen LogP contribution in [-0.2, 0) is 10.0 Å². The Balaban J connectivity index is 2.32. The lowest BCUT2D eigenvalue weighted by Gasteiger charge is -2.20. The monoisotopic (exact) mass is 493 g/mol. The molecule has 32 heavy (non-hydrogen) atoms. The molecule has 0 atom stereocenters. The largest absolute Gasteiger partial charge is 0.467 e. The molecule has 2 rings (SSSR count). The van der Waals surface area contributed by atoms with E-state index in [4.69, 9.17) is 11.6 Å². The van der Waals surface area contributed by atoms with E-state index in [0.29, 0.717) is 24.2 Å². The summed E-state index contributed by atoms with van der Waals surface area (Å²) >= 11 is 5.89. The molecule has 1 amide bonds. The zero-order valence-electron chi connectivity index (χ0n) is 17.9. The molecule has 0 aliphatic carbocycles. The number of amides is 1. The van der Waals surface area contributed by atoms with Crippen molar-refractivity contribution in [2.45, 2.75) is 38.8 Å². The fourth-order valence-corrected chi connectivity index (χ4v) is 4.61. The van der Waals surface area contributed by atoms with E-state index in [2.05, 4.69) is 15.0 Å². The Bertz CT molecular complexity index is 1100. The molecule has 0 saturated heterocycles. The van der Waals surface area contributed by atoms with E-state index in [1.807, 2.05) is 0 Å². The number of nitrogens with zero attached hydrogens (tertiary/aromatic N) is 2.